The number of aromatic carboxylic acids is 1. The molecule has 0 spiro atoms. The van der Waals surface area contributed by atoms with E-state index in [-0.39, 0.29) is 32.7 Å². The molecule has 11 nitrogen and oxygen atoms in total. The van der Waals surface area contributed by atoms with E-state index in [0.717, 1.165) is 11.3 Å². The SMILES string of the molecule is COc1cc(Oc2cnc(NC(=O)C(OC3CCOCC3)c3ccc(S(=O)(=O)C4CC4)cc3)s2)ccc1C(=O)O. The molecule has 40 heavy (non-hydrogen) atoms. The van der Waals surface area contributed by atoms with Gasteiger partial charge < -0.3 is 24.1 Å². The van der Waals surface area contributed by atoms with Crippen LogP contribution in [0.5, 0.6) is 16.6 Å². The van der Waals surface area contributed by atoms with Crippen LogP contribution in [-0.4, -0.2) is 62.1 Å². The van der Waals surface area contributed by atoms with Crippen molar-refractivity contribution in [3.8, 4) is 16.6 Å². The summed E-state index contributed by atoms with van der Waals surface area (Å²) in [6.07, 6.45) is 2.85. The first-order valence-electron chi connectivity index (χ1n) is 12.7. The van der Waals surface area contributed by atoms with Crippen LogP contribution in [0, 0.1) is 0 Å². The van der Waals surface area contributed by atoms with Gasteiger partial charge in [0.1, 0.15) is 17.1 Å². The number of hydrogen-bond acceptors (Lipinski definition) is 10. The van der Waals surface area contributed by atoms with Crippen LogP contribution < -0.4 is 14.8 Å². The number of carbonyl (C=O) groups is 2. The number of nitrogens with one attached hydrogen (secondary N) is 1. The number of sulfone groups is 1. The second kappa shape index (κ2) is 11.9. The van der Waals surface area contributed by atoms with Crippen LogP contribution in [0.25, 0.3) is 0 Å². The predicted molar refractivity (Wildman–Crippen MR) is 145 cm³/mol. The molecule has 2 aromatic carbocycles. The highest BCUT2D eigenvalue weighted by Gasteiger charge is 2.37. The number of amides is 1. The van der Waals surface area contributed by atoms with Crippen molar-refractivity contribution in [1.29, 1.82) is 0 Å². The highest BCUT2D eigenvalue weighted by Crippen LogP contribution is 2.36. The van der Waals surface area contributed by atoms with Crippen molar-refractivity contribution < 1.29 is 42.1 Å². The molecule has 0 bridgehead atoms. The number of anilines is 1. The lowest BCUT2D eigenvalue weighted by Crippen LogP contribution is -2.31. The molecule has 3 aromatic rings. The van der Waals surface area contributed by atoms with E-state index in [2.05, 4.69) is 10.3 Å². The van der Waals surface area contributed by atoms with Crippen LogP contribution in [0.2, 0.25) is 0 Å². The summed E-state index contributed by atoms with van der Waals surface area (Å²) in [6.45, 7) is 1.06. The molecule has 2 N–H and O–H groups in total. The Balaban J connectivity index is 1.31. The molecule has 212 valence electrons. The van der Waals surface area contributed by atoms with Gasteiger partial charge in [-0.1, -0.05) is 23.5 Å². The first kappa shape index (κ1) is 28.0. The number of nitrogens with zero attached hydrogens (tertiary/aromatic N) is 1. The Morgan fingerprint density at radius 2 is 1.82 bits per heavy atom. The molecule has 0 radical (unpaired) electrons. The maximum atomic E-state index is 13.4. The molecule has 5 rings (SSSR count). The summed E-state index contributed by atoms with van der Waals surface area (Å²) in [5.41, 5.74) is 0.526. The number of carboxylic acids is 1. The van der Waals surface area contributed by atoms with Crippen LogP contribution in [0.15, 0.2) is 53.6 Å². The summed E-state index contributed by atoms with van der Waals surface area (Å²) in [4.78, 5) is 29.2. The number of carboxylic acid groups (broad SMARTS) is 1. The van der Waals surface area contributed by atoms with Gasteiger partial charge in [-0.25, -0.2) is 18.2 Å². The molecule has 13 heteroatoms. The molecule has 1 saturated heterocycles. The van der Waals surface area contributed by atoms with Gasteiger partial charge >= 0.3 is 5.97 Å². The number of carbonyl (C=O) groups excluding carboxylic acids is 1. The van der Waals surface area contributed by atoms with E-state index in [1.807, 2.05) is 0 Å². The molecule has 1 aliphatic heterocycles. The minimum Gasteiger partial charge on any atom is -0.496 e. The highest BCUT2D eigenvalue weighted by molar-refractivity contribution is 7.92. The Morgan fingerprint density at radius 1 is 1.10 bits per heavy atom. The standard InChI is InChI=1S/C27H28N2O9S2/c1-35-22-14-18(4-9-21(22)26(31)32)37-23-15-28-27(39-23)29-25(30)24(38-17-10-12-36-13-11-17)16-2-5-19(6-3-16)40(33,34)20-7-8-20/h2-6,9,14-15,17,20,24H,7-8,10-13H2,1H3,(H,31,32)(H,28,29,30). The molecule has 2 fully saturated rings. The quantitative estimate of drug-likeness (QED) is 0.329. The molecule has 2 heterocycles. The average Bonchev–Trinajstić information content (AvgIpc) is 3.74. The third-order valence-corrected chi connectivity index (χ3v) is 9.62. The zero-order chi connectivity index (χ0) is 28.3. The lowest BCUT2D eigenvalue weighted by molar-refractivity contribution is -0.136. The highest BCUT2D eigenvalue weighted by atomic mass is 32.2. The van der Waals surface area contributed by atoms with Gasteiger partial charge in [-0.15, -0.1) is 0 Å². The lowest BCUT2D eigenvalue weighted by atomic mass is 10.1. The molecule has 1 amide bonds. The lowest BCUT2D eigenvalue weighted by Gasteiger charge is -2.27. The van der Waals surface area contributed by atoms with Crippen LogP contribution in [0.1, 0.15) is 47.7 Å². The summed E-state index contributed by atoms with van der Waals surface area (Å²) in [5.74, 6) is -1.10. The maximum absolute atomic E-state index is 13.4. The monoisotopic (exact) mass is 588 g/mol. The second-order valence-electron chi connectivity index (χ2n) is 9.38. The third-order valence-electron chi connectivity index (χ3n) is 6.55. The number of benzene rings is 2. The Kier molecular flexibility index (Phi) is 8.35. The summed E-state index contributed by atoms with van der Waals surface area (Å²) in [5, 5.41) is 12.3. The summed E-state index contributed by atoms with van der Waals surface area (Å²) < 4.78 is 47.7. The van der Waals surface area contributed by atoms with E-state index in [1.165, 1.54) is 43.6 Å². The number of rotatable bonds is 11. The molecule has 1 atom stereocenters. The molecule has 1 unspecified atom stereocenters. The van der Waals surface area contributed by atoms with Crippen molar-refractivity contribution >= 4 is 38.2 Å². The van der Waals surface area contributed by atoms with E-state index in [0.29, 0.717) is 55.3 Å². The molecular formula is C27H28N2O9S2. The third kappa shape index (κ3) is 6.44. The van der Waals surface area contributed by atoms with E-state index in [9.17, 15) is 23.1 Å². The normalized spacial score (nSPS) is 16.7. The summed E-state index contributed by atoms with van der Waals surface area (Å²) >= 11 is 1.08. The van der Waals surface area contributed by atoms with Crippen LogP contribution in [0.4, 0.5) is 5.13 Å². The Labute approximate surface area is 235 Å². The van der Waals surface area contributed by atoms with Crippen molar-refractivity contribution in [3.63, 3.8) is 0 Å². The maximum Gasteiger partial charge on any atom is 0.339 e. The Hall–Kier alpha value is -3.52. The summed E-state index contributed by atoms with van der Waals surface area (Å²) in [6, 6.07) is 10.6. The van der Waals surface area contributed by atoms with Crippen molar-refractivity contribution in [1.82, 2.24) is 4.98 Å². The fraction of sp³-hybridized carbons (Fsp3) is 0.370. The van der Waals surface area contributed by atoms with E-state index in [1.54, 1.807) is 12.1 Å². The van der Waals surface area contributed by atoms with Gasteiger partial charge in [0.25, 0.3) is 5.91 Å². The number of hydrogen-bond donors (Lipinski definition) is 2. The Bertz CT molecular complexity index is 1480. The van der Waals surface area contributed by atoms with Gasteiger partial charge in [0.05, 0.1) is 29.6 Å². The number of ether oxygens (including phenoxy) is 4. The topological polar surface area (TPSA) is 150 Å². The van der Waals surface area contributed by atoms with Gasteiger partial charge in [0, 0.05) is 19.3 Å². The van der Waals surface area contributed by atoms with Crippen LogP contribution >= 0.6 is 11.3 Å². The smallest absolute Gasteiger partial charge is 0.339 e. The number of thiazole rings is 1. The first-order chi connectivity index (χ1) is 19.2. The Morgan fingerprint density at radius 3 is 2.48 bits per heavy atom. The van der Waals surface area contributed by atoms with Gasteiger partial charge in [-0.2, -0.15) is 0 Å². The molecular weight excluding hydrogens is 560 g/mol. The van der Waals surface area contributed by atoms with Crippen molar-refractivity contribution in [2.75, 3.05) is 25.6 Å². The van der Waals surface area contributed by atoms with Crippen molar-refractivity contribution in [2.24, 2.45) is 0 Å². The molecule has 2 aliphatic rings. The van der Waals surface area contributed by atoms with E-state index >= 15 is 0 Å². The van der Waals surface area contributed by atoms with E-state index in [4.69, 9.17) is 18.9 Å². The number of methoxy groups -OCH3 is 1. The van der Waals surface area contributed by atoms with Gasteiger partial charge in [0.15, 0.2) is 21.1 Å². The first-order valence-corrected chi connectivity index (χ1v) is 15.0. The fourth-order valence-electron chi connectivity index (χ4n) is 4.26. The van der Waals surface area contributed by atoms with Crippen molar-refractivity contribution in [3.05, 3.63) is 59.8 Å². The van der Waals surface area contributed by atoms with E-state index < -0.39 is 27.8 Å². The molecule has 1 aromatic heterocycles. The minimum atomic E-state index is -3.36. The van der Waals surface area contributed by atoms with Gasteiger partial charge in [-0.3, -0.25) is 10.1 Å². The zero-order valence-corrected chi connectivity index (χ0v) is 23.2. The van der Waals surface area contributed by atoms with Crippen LogP contribution in [0.3, 0.4) is 0 Å². The van der Waals surface area contributed by atoms with Gasteiger partial charge in [-0.05, 0) is 55.5 Å². The van der Waals surface area contributed by atoms with Gasteiger partial charge in [0.2, 0.25) is 5.06 Å². The molecule has 1 aliphatic carbocycles. The predicted octanol–water partition coefficient (Wildman–Crippen LogP) is 4.45. The average molecular weight is 589 g/mol. The largest absolute Gasteiger partial charge is 0.496 e. The second-order valence-corrected chi connectivity index (χ2v) is 12.6. The minimum absolute atomic E-state index is 0.000786. The molecule has 1 saturated carbocycles. The van der Waals surface area contributed by atoms with Crippen molar-refractivity contribution in [2.45, 2.75) is 48.0 Å². The summed E-state index contributed by atoms with van der Waals surface area (Å²) in [7, 11) is -1.99. The fourth-order valence-corrected chi connectivity index (χ4v) is 6.61. The zero-order valence-electron chi connectivity index (χ0n) is 21.6. The number of aromatic nitrogens is 1. The van der Waals surface area contributed by atoms with Crippen LogP contribution in [-0.2, 0) is 24.1 Å².